The van der Waals surface area contributed by atoms with Gasteiger partial charge in [0.2, 0.25) is 0 Å². The monoisotopic (exact) mass is 250 g/mol. The van der Waals surface area contributed by atoms with Crippen LogP contribution in [0.25, 0.3) is 0 Å². The quantitative estimate of drug-likeness (QED) is 0.885. The van der Waals surface area contributed by atoms with Gasteiger partial charge < -0.3 is 5.32 Å². The van der Waals surface area contributed by atoms with E-state index in [9.17, 15) is 0 Å². The van der Waals surface area contributed by atoms with Gasteiger partial charge in [-0.25, -0.2) is 0 Å². The van der Waals surface area contributed by atoms with Crippen molar-refractivity contribution in [3.8, 4) is 0 Å². The Labute approximate surface area is 110 Å². The van der Waals surface area contributed by atoms with Crippen molar-refractivity contribution in [2.45, 2.75) is 45.2 Å². The molecule has 4 heteroatoms. The molecule has 0 amide bonds. The molecule has 102 valence electrons. The van der Waals surface area contributed by atoms with Crippen LogP contribution in [0.1, 0.15) is 43.5 Å². The predicted octanol–water partition coefficient (Wildman–Crippen LogP) is 1.86. The number of rotatable bonds is 4. The van der Waals surface area contributed by atoms with Gasteiger partial charge in [-0.3, -0.25) is 9.58 Å². The first-order chi connectivity index (χ1) is 8.58. The van der Waals surface area contributed by atoms with E-state index in [0.717, 1.165) is 12.2 Å². The molecular weight excluding hydrogens is 224 g/mol. The van der Waals surface area contributed by atoms with Gasteiger partial charge >= 0.3 is 0 Å². The fourth-order valence-electron chi connectivity index (χ4n) is 2.85. The van der Waals surface area contributed by atoms with E-state index >= 15 is 0 Å². The smallest absolute Gasteiger partial charge is 0.0641 e. The Kier molecular flexibility index (Phi) is 4.40. The minimum Gasteiger partial charge on any atom is -0.313 e. The van der Waals surface area contributed by atoms with E-state index in [-0.39, 0.29) is 0 Å². The van der Waals surface area contributed by atoms with Gasteiger partial charge in [0, 0.05) is 37.4 Å². The SMILES string of the molecule is Cc1nn(C)cc1C(C)N(C)CC1CCCCN1. The molecule has 18 heavy (non-hydrogen) atoms. The van der Waals surface area contributed by atoms with Crippen LogP contribution in [-0.2, 0) is 7.05 Å². The number of hydrogen-bond acceptors (Lipinski definition) is 3. The molecule has 0 spiro atoms. The molecule has 1 saturated heterocycles. The normalized spacial score (nSPS) is 22.4. The van der Waals surface area contributed by atoms with E-state index in [1.54, 1.807) is 0 Å². The lowest BCUT2D eigenvalue weighted by Crippen LogP contribution is -2.43. The lowest BCUT2D eigenvalue weighted by Gasteiger charge is -2.31. The summed E-state index contributed by atoms with van der Waals surface area (Å²) in [5.41, 5.74) is 2.49. The van der Waals surface area contributed by atoms with E-state index in [1.807, 2.05) is 11.7 Å². The van der Waals surface area contributed by atoms with Crippen molar-refractivity contribution >= 4 is 0 Å². The zero-order chi connectivity index (χ0) is 13.1. The highest BCUT2D eigenvalue weighted by atomic mass is 15.3. The summed E-state index contributed by atoms with van der Waals surface area (Å²) >= 11 is 0. The summed E-state index contributed by atoms with van der Waals surface area (Å²) in [6.07, 6.45) is 6.15. The lowest BCUT2D eigenvalue weighted by molar-refractivity contribution is 0.214. The first-order valence-electron chi connectivity index (χ1n) is 7.01. The van der Waals surface area contributed by atoms with Gasteiger partial charge in [-0.1, -0.05) is 6.42 Å². The molecule has 1 aliphatic rings. The Morgan fingerprint density at radius 2 is 2.33 bits per heavy atom. The van der Waals surface area contributed by atoms with Crippen molar-refractivity contribution in [3.63, 3.8) is 0 Å². The zero-order valence-electron chi connectivity index (χ0n) is 12.1. The third-order valence-corrected chi connectivity index (χ3v) is 4.08. The summed E-state index contributed by atoms with van der Waals surface area (Å²) in [5.74, 6) is 0. The maximum atomic E-state index is 4.44. The zero-order valence-corrected chi connectivity index (χ0v) is 12.1. The first-order valence-corrected chi connectivity index (χ1v) is 7.01. The molecule has 0 saturated carbocycles. The van der Waals surface area contributed by atoms with Crippen molar-refractivity contribution in [1.82, 2.24) is 20.0 Å². The Hall–Kier alpha value is -0.870. The second-order valence-electron chi connectivity index (χ2n) is 5.61. The summed E-state index contributed by atoms with van der Waals surface area (Å²) in [5, 5.41) is 8.05. The number of likely N-dealkylation sites (N-methyl/N-ethyl adjacent to an activating group) is 1. The molecule has 0 bridgehead atoms. The maximum absolute atomic E-state index is 4.44. The van der Waals surface area contributed by atoms with Gasteiger partial charge in [0.05, 0.1) is 5.69 Å². The molecule has 2 heterocycles. The van der Waals surface area contributed by atoms with Gasteiger partial charge in [0.15, 0.2) is 0 Å². The average molecular weight is 250 g/mol. The predicted molar refractivity (Wildman–Crippen MR) is 74.6 cm³/mol. The second-order valence-corrected chi connectivity index (χ2v) is 5.61. The van der Waals surface area contributed by atoms with E-state index < -0.39 is 0 Å². The summed E-state index contributed by atoms with van der Waals surface area (Å²) in [6.45, 7) is 6.67. The van der Waals surface area contributed by atoms with Crippen LogP contribution < -0.4 is 5.32 Å². The van der Waals surface area contributed by atoms with Crippen LogP contribution in [0.15, 0.2) is 6.20 Å². The molecule has 4 nitrogen and oxygen atoms in total. The molecule has 2 unspecified atom stereocenters. The van der Waals surface area contributed by atoms with Crippen molar-refractivity contribution in [1.29, 1.82) is 0 Å². The number of piperidine rings is 1. The van der Waals surface area contributed by atoms with E-state index in [1.165, 1.54) is 31.4 Å². The van der Waals surface area contributed by atoms with Crippen molar-refractivity contribution in [2.75, 3.05) is 20.1 Å². The summed E-state index contributed by atoms with van der Waals surface area (Å²) in [6, 6.07) is 1.09. The lowest BCUT2D eigenvalue weighted by atomic mass is 10.0. The third kappa shape index (κ3) is 3.12. The Morgan fingerprint density at radius 1 is 1.56 bits per heavy atom. The van der Waals surface area contributed by atoms with Crippen molar-refractivity contribution in [3.05, 3.63) is 17.5 Å². The second kappa shape index (κ2) is 5.85. The van der Waals surface area contributed by atoms with Gasteiger partial charge in [-0.2, -0.15) is 5.10 Å². The van der Waals surface area contributed by atoms with Crippen LogP contribution in [0.3, 0.4) is 0 Å². The van der Waals surface area contributed by atoms with E-state index in [0.29, 0.717) is 12.1 Å². The molecule has 2 atom stereocenters. The Balaban J connectivity index is 1.95. The molecule has 1 aliphatic heterocycles. The minimum atomic E-state index is 0.433. The van der Waals surface area contributed by atoms with Crippen LogP contribution in [0.5, 0.6) is 0 Å². The Bertz CT molecular complexity index is 379. The van der Waals surface area contributed by atoms with Crippen LogP contribution in [0, 0.1) is 6.92 Å². The molecule has 1 aromatic heterocycles. The number of aryl methyl sites for hydroxylation is 2. The molecule has 1 fully saturated rings. The number of nitrogens with one attached hydrogen (secondary N) is 1. The van der Waals surface area contributed by atoms with Crippen LogP contribution in [0.2, 0.25) is 0 Å². The van der Waals surface area contributed by atoms with Gasteiger partial charge in [-0.15, -0.1) is 0 Å². The molecule has 2 rings (SSSR count). The molecule has 0 aromatic carbocycles. The van der Waals surface area contributed by atoms with Crippen LogP contribution in [0.4, 0.5) is 0 Å². The summed E-state index contributed by atoms with van der Waals surface area (Å²) in [7, 11) is 4.21. The Morgan fingerprint density at radius 3 is 2.89 bits per heavy atom. The maximum Gasteiger partial charge on any atom is 0.0641 e. The molecule has 0 aliphatic carbocycles. The third-order valence-electron chi connectivity index (χ3n) is 4.08. The topological polar surface area (TPSA) is 33.1 Å². The van der Waals surface area contributed by atoms with E-state index in [2.05, 4.69) is 42.4 Å². The van der Waals surface area contributed by atoms with Crippen LogP contribution >= 0.6 is 0 Å². The molecule has 0 radical (unpaired) electrons. The largest absolute Gasteiger partial charge is 0.313 e. The minimum absolute atomic E-state index is 0.433. The van der Waals surface area contributed by atoms with Gasteiger partial charge in [0.25, 0.3) is 0 Å². The summed E-state index contributed by atoms with van der Waals surface area (Å²) < 4.78 is 1.91. The fraction of sp³-hybridized carbons (Fsp3) is 0.786. The van der Waals surface area contributed by atoms with Crippen molar-refractivity contribution < 1.29 is 0 Å². The van der Waals surface area contributed by atoms with Gasteiger partial charge in [0.1, 0.15) is 0 Å². The number of aromatic nitrogens is 2. The average Bonchev–Trinajstić information content (AvgIpc) is 2.68. The number of nitrogens with zero attached hydrogens (tertiary/aromatic N) is 3. The van der Waals surface area contributed by atoms with Crippen molar-refractivity contribution in [2.24, 2.45) is 7.05 Å². The molecule has 1 N–H and O–H groups in total. The fourth-order valence-corrected chi connectivity index (χ4v) is 2.85. The standard InChI is InChI=1S/C14H26N4/c1-11-14(10-18(4)16-11)12(2)17(3)9-13-7-5-6-8-15-13/h10,12-13,15H,5-9H2,1-4H3. The first kappa shape index (κ1) is 13.6. The highest BCUT2D eigenvalue weighted by molar-refractivity contribution is 5.19. The summed E-state index contributed by atoms with van der Waals surface area (Å²) in [4.78, 5) is 2.44. The van der Waals surface area contributed by atoms with Gasteiger partial charge in [-0.05, 0) is 40.3 Å². The van der Waals surface area contributed by atoms with E-state index in [4.69, 9.17) is 0 Å². The highest BCUT2D eigenvalue weighted by Crippen LogP contribution is 2.22. The van der Waals surface area contributed by atoms with Crippen LogP contribution in [-0.4, -0.2) is 40.9 Å². The highest BCUT2D eigenvalue weighted by Gasteiger charge is 2.20. The molecular formula is C14H26N4. The number of hydrogen-bond donors (Lipinski definition) is 1. The molecule has 1 aromatic rings.